The average molecular weight is 399 g/mol. The molecular formula is C18H12ClFN6S. The molecule has 2 heterocycles. The summed E-state index contributed by atoms with van der Waals surface area (Å²) in [5.41, 5.74) is 14.4. The van der Waals surface area contributed by atoms with Crippen LogP contribution in [0.25, 0.3) is 21.0 Å². The highest BCUT2D eigenvalue weighted by molar-refractivity contribution is 7.18. The highest BCUT2D eigenvalue weighted by Gasteiger charge is 2.12. The second-order valence-electron chi connectivity index (χ2n) is 5.72. The molecule has 4 aromatic rings. The predicted octanol–water partition coefficient (Wildman–Crippen LogP) is 5.64. The van der Waals surface area contributed by atoms with Crippen LogP contribution in [0.2, 0.25) is 5.02 Å². The first-order chi connectivity index (χ1) is 13.0. The average Bonchev–Trinajstić information content (AvgIpc) is 3.11. The molecule has 0 radical (unpaired) electrons. The molecule has 6 nitrogen and oxygen atoms in total. The Balaban J connectivity index is 1.89. The third kappa shape index (κ3) is 3.32. The molecule has 0 aliphatic carbocycles. The zero-order chi connectivity index (χ0) is 19.0. The molecule has 0 aliphatic heterocycles. The van der Waals surface area contributed by atoms with Gasteiger partial charge < -0.3 is 11.1 Å². The molecule has 0 saturated carbocycles. The predicted molar refractivity (Wildman–Crippen MR) is 108 cm³/mol. The second-order valence-corrected chi connectivity index (χ2v) is 7.08. The summed E-state index contributed by atoms with van der Waals surface area (Å²) in [5, 5.41) is 13.8. The van der Waals surface area contributed by atoms with E-state index in [0.717, 1.165) is 15.5 Å². The van der Waals surface area contributed by atoms with Crippen molar-refractivity contribution in [3.8, 4) is 0 Å². The van der Waals surface area contributed by atoms with Crippen LogP contribution in [0.15, 0.2) is 58.2 Å². The van der Waals surface area contributed by atoms with Crippen molar-refractivity contribution in [2.75, 3.05) is 5.32 Å². The third-order valence-electron chi connectivity index (χ3n) is 3.97. The molecule has 0 saturated heterocycles. The van der Waals surface area contributed by atoms with Gasteiger partial charge in [-0.25, -0.2) is 9.37 Å². The Morgan fingerprint density at radius 1 is 1.19 bits per heavy atom. The van der Waals surface area contributed by atoms with Crippen molar-refractivity contribution in [1.29, 1.82) is 5.53 Å². The molecule has 0 unspecified atom stereocenters. The van der Waals surface area contributed by atoms with Crippen LogP contribution in [-0.2, 0) is 0 Å². The van der Waals surface area contributed by atoms with Gasteiger partial charge in [0.15, 0.2) is 5.84 Å². The summed E-state index contributed by atoms with van der Waals surface area (Å²) in [5.74, 6) is 0.280. The van der Waals surface area contributed by atoms with E-state index >= 15 is 0 Å². The molecular weight excluding hydrogens is 387 g/mol. The summed E-state index contributed by atoms with van der Waals surface area (Å²) >= 11 is 7.53. The van der Waals surface area contributed by atoms with Crippen LogP contribution in [0.4, 0.5) is 15.9 Å². The zero-order valence-corrected chi connectivity index (χ0v) is 15.3. The molecule has 0 bridgehead atoms. The number of anilines is 2. The number of thiophene rings is 1. The summed E-state index contributed by atoms with van der Waals surface area (Å²) in [4.78, 5) is 4.68. The van der Waals surface area contributed by atoms with Gasteiger partial charge in [0.2, 0.25) is 0 Å². The topological polar surface area (TPSA) is 99.5 Å². The molecule has 0 spiro atoms. The van der Waals surface area contributed by atoms with Gasteiger partial charge in [0, 0.05) is 31.7 Å². The lowest BCUT2D eigenvalue weighted by atomic mass is 10.1. The van der Waals surface area contributed by atoms with E-state index in [1.165, 1.54) is 12.1 Å². The number of aromatic nitrogens is 1. The summed E-state index contributed by atoms with van der Waals surface area (Å²) < 4.78 is 14.7. The maximum Gasteiger partial charge on any atom is 0.155 e. The van der Waals surface area contributed by atoms with Crippen molar-refractivity contribution in [2.24, 2.45) is 16.1 Å². The van der Waals surface area contributed by atoms with Crippen molar-refractivity contribution in [1.82, 2.24) is 4.98 Å². The summed E-state index contributed by atoms with van der Waals surface area (Å²) in [6.07, 6.45) is 0. The van der Waals surface area contributed by atoms with Crippen LogP contribution in [0, 0.1) is 11.3 Å². The molecule has 0 atom stereocenters. The van der Waals surface area contributed by atoms with E-state index in [1.54, 1.807) is 23.5 Å². The fourth-order valence-electron chi connectivity index (χ4n) is 2.83. The highest BCUT2D eigenvalue weighted by Crippen LogP contribution is 2.35. The van der Waals surface area contributed by atoms with Crippen molar-refractivity contribution < 1.29 is 4.39 Å². The van der Waals surface area contributed by atoms with E-state index in [2.05, 4.69) is 20.6 Å². The van der Waals surface area contributed by atoms with Crippen LogP contribution in [0.3, 0.4) is 0 Å². The number of hydrogen-bond donors (Lipinski definition) is 3. The van der Waals surface area contributed by atoms with Crippen molar-refractivity contribution in [2.45, 2.75) is 0 Å². The first-order valence-electron chi connectivity index (χ1n) is 7.79. The summed E-state index contributed by atoms with van der Waals surface area (Å²) in [6.45, 7) is 0. The van der Waals surface area contributed by atoms with Gasteiger partial charge in [-0.05, 0) is 35.7 Å². The van der Waals surface area contributed by atoms with Gasteiger partial charge in [-0.2, -0.15) is 5.53 Å². The van der Waals surface area contributed by atoms with Gasteiger partial charge in [-0.15, -0.1) is 16.4 Å². The standard InChI is InChI=1S/C18H12ClFN6S/c19-10-6-11(20)8-12(7-10)23-18-14-3-4-27-16(14)13-2-1-9(5-15(13)24-18)17(21)25-26-22/h1-8H,(H,23,24)(H3,21,22,25). The molecule has 27 heavy (non-hydrogen) atoms. The number of hydrogen-bond acceptors (Lipinski definition) is 5. The van der Waals surface area contributed by atoms with Crippen LogP contribution >= 0.6 is 22.9 Å². The van der Waals surface area contributed by atoms with Gasteiger partial charge in [0.25, 0.3) is 0 Å². The molecule has 4 rings (SSSR count). The largest absolute Gasteiger partial charge is 0.382 e. The van der Waals surface area contributed by atoms with E-state index in [4.69, 9.17) is 22.9 Å². The number of amidine groups is 1. The molecule has 2 aromatic heterocycles. The summed E-state index contributed by atoms with van der Waals surface area (Å²) in [7, 11) is 0. The van der Waals surface area contributed by atoms with E-state index in [9.17, 15) is 4.39 Å². The lowest BCUT2D eigenvalue weighted by Crippen LogP contribution is -2.12. The van der Waals surface area contributed by atoms with Crippen molar-refractivity contribution >= 4 is 61.3 Å². The van der Waals surface area contributed by atoms with Crippen molar-refractivity contribution in [3.63, 3.8) is 0 Å². The normalized spacial score (nSPS) is 11.9. The minimum atomic E-state index is -0.433. The maximum atomic E-state index is 13.7. The van der Waals surface area contributed by atoms with Crippen molar-refractivity contribution in [3.05, 3.63) is 64.2 Å². The molecule has 2 aromatic carbocycles. The van der Waals surface area contributed by atoms with Gasteiger partial charge >= 0.3 is 0 Å². The number of nitrogens with zero attached hydrogens (tertiary/aromatic N) is 3. The number of benzene rings is 2. The number of nitrogens with two attached hydrogens (primary N) is 1. The van der Waals surface area contributed by atoms with Gasteiger partial charge in [0.05, 0.1) is 5.52 Å². The maximum absolute atomic E-state index is 13.7. The summed E-state index contributed by atoms with van der Waals surface area (Å²) in [6, 6.07) is 11.7. The quantitative estimate of drug-likeness (QED) is 0.179. The Labute approximate surface area is 162 Å². The zero-order valence-electron chi connectivity index (χ0n) is 13.7. The third-order valence-corrected chi connectivity index (χ3v) is 5.14. The lowest BCUT2D eigenvalue weighted by Gasteiger charge is -2.10. The van der Waals surface area contributed by atoms with Crippen LogP contribution in [-0.4, -0.2) is 10.8 Å². The lowest BCUT2D eigenvalue weighted by molar-refractivity contribution is 0.628. The number of halogens is 2. The Kier molecular flexibility index (Phi) is 4.43. The fourth-order valence-corrected chi connectivity index (χ4v) is 3.98. The Hall–Kier alpha value is -3.10. The number of pyridine rings is 1. The SMILES string of the molecule is N=N/N=C(\N)c1ccc2c(c1)nc(Nc1cc(F)cc(Cl)c1)c1ccsc12. The van der Waals surface area contributed by atoms with E-state index in [1.807, 2.05) is 23.6 Å². The van der Waals surface area contributed by atoms with E-state index in [0.29, 0.717) is 27.6 Å². The smallest absolute Gasteiger partial charge is 0.155 e. The monoisotopic (exact) mass is 398 g/mol. The molecule has 0 aliphatic rings. The van der Waals surface area contributed by atoms with Gasteiger partial charge in [-0.3, -0.25) is 0 Å². The fraction of sp³-hybridized carbons (Fsp3) is 0. The number of fused-ring (bicyclic) bond motifs is 3. The van der Waals surface area contributed by atoms with E-state index in [-0.39, 0.29) is 5.84 Å². The first kappa shape index (κ1) is 17.3. The second kappa shape index (κ2) is 6.90. The van der Waals surface area contributed by atoms with Crippen LogP contribution in [0.5, 0.6) is 0 Å². The molecule has 134 valence electrons. The Morgan fingerprint density at radius 2 is 2.04 bits per heavy atom. The number of nitrogens with one attached hydrogen (secondary N) is 2. The first-order valence-corrected chi connectivity index (χ1v) is 9.05. The minimum absolute atomic E-state index is 0.131. The van der Waals surface area contributed by atoms with E-state index < -0.39 is 5.82 Å². The molecule has 9 heteroatoms. The Morgan fingerprint density at radius 3 is 2.81 bits per heavy atom. The van der Waals surface area contributed by atoms with Gasteiger partial charge in [0.1, 0.15) is 11.6 Å². The number of rotatable bonds is 4. The minimum Gasteiger partial charge on any atom is -0.382 e. The highest BCUT2D eigenvalue weighted by atomic mass is 35.5. The van der Waals surface area contributed by atoms with Crippen LogP contribution < -0.4 is 11.1 Å². The van der Waals surface area contributed by atoms with Crippen LogP contribution in [0.1, 0.15) is 5.56 Å². The Bertz CT molecular complexity index is 1200. The molecule has 4 N–H and O–H groups in total. The van der Waals surface area contributed by atoms with Gasteiger partial charge in [-0.1, -0.05) is 29.0 Å². The molecule has 0 amide bonds. The molecule has 0 fully saturated rings.